The predicted octanol–water partition coefficient (Wildman–Crippen LogP) is 3.81. The first-order valence-corrected chi connectivity index (χ1v) is 9.06. The Morgan fingerprint density at radius 3 is 2.85 bits per heavy atom. The van der Waals surface area contributed by atoms with Crippen LogP contribution in [-0.4, -0.2) is 24.8 Å². The normalized spacial score (nSPS) is 23.1. The molecule has 0 saturated carbocycles. The Bertz CT molecular complexity index is 926. The van der Waals surface area contributed by atoms with Gasteiger partial charge in [-0.2, -0.15) is 0 Å². The molecule has 2 bridgehead atoms. The predicted molar refractivity (Wildman–Crippen MR) is 101 cm³/mol. The SMILES string of the molecule is CCc1ccccc1N1C(=O)N[C@H]2C[C@]1(C)Oc1ccc(C(=O)OC)cc12. The number of anilines is 1. The van der Waals surface area contributed by atoms with E-state index in [1.54, 1.807) is 23.1 Å². The quantitative estimate of drug-likeness (QED) is 0.839. The summed E-state index contributed by atoms with van der Waals surface area (Å²) in [5.74, 6) is 0.257. The van der Waals surface area contributed by atoms with Crippen molar-refractivity contribution in [3.8, 4) is 5.75 Å². The van der Waals surface area contributed by atoms with Crippen molar-refractivity contribution < 1.29 is 19.1 Å². The molecule has 27 heavy (non-hydrogen) atoms. The molecule has 0 spiro atoms. The van der Waals surface area contributed by atoms with Gasteiger partial charge in [-0.15, -0.1) is 0 Å². The first-order chi connectivity index (χ1) is 13.0. The van der Waals surface area contributed by atoms with Gasteiger partial charge in [0.2, 0.25) is 0 Å². The van der Waals surface area contributed by atoms with Crippen molar-refractivity contribution in [1.82, 2.24) is 5.32 Å². The minimum atomic E-state index is -0.807. The van der Waals surface area contributed by atoms with Crippen molar-refractivity contribution in [2.45, 2.75) is 38.5 Å². The van der Waals surface area contributed by atoms with Crippen molar-refractivity contribution in [3.63, 3.8) is 0 Å². The summed E-state index contributed by atoms with van der Waals surface area (Å²) < 4.78 is 11.1. The number of hydrogen-bond acceptors (Lipinski definition) is 4. The van der Waals surface area contributed by atoms with Crippen LogP contribution in [-0.2, 0) is 11.2 Å². The third-order valence-electron chi connectivity index (χ3n) is 5.31. The van der Waals surface area contributed by atoms with Gasteiger partial charge in [0.15, 0.2) is 5.72 Å². The van der Waals surface area contributed by atoms with Crippen LogP contribution < -0.4 is 15.0 Å². The molecule has 2 aliphatic heterocycles. The van der Waals surface area contributed by atoms with Gasteiger partial charge < -0.3 is 14.8 Å². The summed E-state index contributed by atoms with van der Waals surface area (Å²) >= 11 is 0. The molecule has 1 N–H and O–H groups in total. The zero-order valence-corrected chi connectivity index (χ0v) is 15.6. The van der Waals surface area contributed by atoms with Crippen LogP contribution in [0.4, 0.5) is 10.5 Å². The first kappa shape index (κ1) is 17.4. The maximum atomic E-state index is 13.0. The molecule has 140 valence electrons. The van der Waals surface area contributed by atoms with Gasteiger partial charge in [-0.05, 0) is 43.2 Å². The van der Waals surface area contributed by atoms with Crippen molar-refractivity contribution in [2.24, 2.45) is 0 Å². The second-order valence-electron chi connectivity index (χ2n) is 7.05. The number of ether oxygens (including phenoxy) is 2. The van der Waals surface area contributed by atoms with E-state index in [0.29, 0.717) is 17.7 Å². The molecule has 0 radical (unpaired) electrons. The molecular formula is C21H22N2O4. The zero-order valence-electron chi connectivity index (χ0n) is 15.6. The van der Waals surface area contributed by atoms with Gasteiger partial charge in [0.1, 0.15) is 5.75 Å². The van der Waals surface area contributed by atoms with Crippen LogP contribution in [0.3, 0.4) is 0 Å². The Balaban J connectivity index is 1.77. The van der Waals surface area contributed by atoms with Crippen LogP contribution in [0, 0.1) is 0 Å². The minimum absolute atomic E-state index is 0.205. The summed E-state index contributed by atoms with van der Waals surface area (Å²) in [6, 6.07) is 12.6. The Morgan fingerprint density at radius 1 is 1.33 bits per heavy atom. The molecule has 2 amide bonds. The lowest BCUT2D eigenvalue weighted by Gasteiger charge is -2.51. The van der Waals surface area contributed by atoms with E-state index < -0.39 is 11.7 Å². The molecule has 0 unspecified atom stereocenters. The summed E-state index contributed by atoms with van der Waals surface area (Å²) in [7, 11) is 1.35. The third-order valence-corrected chi connectivity index (χ3v) is 5.31. The minimum Gasteiger partial charge on any atom is -0.467 e. The Morgan fingerprint density at radius 2 is 2.11 bits per heavy atom. The molecule has 6 nitrogen and oxygen atoms in total. The number of esters is 1. The molecule has 1 saturated heterocycles. The molecular weight excluding hydrogens is 344 g/mol. The van der Waals surface area contributed by atoms with E-state index in [1.807, 2.05) is 31.2 Å². The molecule has 2 aromatic carbocycles. The van der Waals surface area contributed by atoms with Gasteiger partial charge in [-0.1, -0.05) is 25.1 Å². The van der Waals surface area contributed by atoms with Crippen LogP contribution in [0.15, 0.2) is 42.5 Å². The smallest absolute Gasteiger partial charge is 0.337 e. The van der Waals surface area contributed by atoms with Gasteiger partial charge in [0, 0.05) is 12.0 Å². The highest BCUT2D eigenvalue weighted by Crippen LogP contribution is 2.46. The number of benzene rings is 2. The van der Waals surface area contributed by atoms with Gasteiger partial charge in [-0.3, -0.25) is 4.90 Å². The van der Waals surface area contributed by atoms with Gasteiger partial charge in [0.05, 0.1) is 24.4 Å². The average Bonchev–Trinajstić information content (AvgIpc) is 2.66. The summed E-state index contributed by atoms with van der Waals surface area (Å²) in [4.78, 5) is 26.6. The maximum Gasteiger partial charge on any atom is 0.337 e. The molecule has 0 aliphatic carbocycles. The number of nitrogens with one attached hydrogen (secondary N) is 1. The lowest BCUT2D eigenvalue weighted by molar-refractivity contribution is 0.0376. The molecule has 2 aromatic rings. The lowest BCUT2D eigenvalue weighted by atomic mass is 9.89. The Hall–Kier alpha value is -3.02. The zero-order chi connectivity index (χ0) is 19.2. The van der Waals surface area contributed by atoms with Crippen molar-refractivity contribution >= 4 is 17.7 Å². The number of hydrogen-bond donors (Lipinski definition) is 1. The number of fused-ring (bicyclic) bond motifs is 4. The number of urea groups is 1. The van der Waals surface area contributed by atoms with E-state index in [-0.39, 0.29) is 12.1 Å². The fourth-order valence-corrected chi connectivity index (χ4v) is 4.01. The highest BCUT2D eigenvalue weighted by molar-refractivity contribution is 5.96. The Labute approximate surface area is 158 Å². The molecule has 1 fully saturated rings. The van der Waals surface area contributed by atoms with Crippen LogP contribution in [0.1, 0.15) is 47.8 Å². The number of carbonyl (C=O) groups excluding carboxylic acids is 2. The highest BCUT2D eigenvalue weighted by atomic mass is 16.5. The summed E-state index contributed by atoms with van der Waals surface area (Å²) in [6.07, 6.45) is 1.40. The van der Waals surface area contributed by atoms with E-state index >= 15 is 0 Å². The third kappa shape index (κ3) is 2.72. The monoisotopic (exact) mass is 366 g/mol. The molecule has 0 aromatic heterocycles. The van der Waals surface area contributed by atoms with E-state index in [9.17, 15) is 9.59 Å². The fourth-order valence-electron chi connectivity index (χ4n) is 4.01. The van der Waals surface area contributed by atoms with Crippen molar-refractivity contribution in [1.29, 1.82) is 0 Å². The number of methoxy groups -OCH3 is 1. The highest BCUT2D eigenvalue weighted by Gasteiger charge is 2.50. The molecule has 2 heterocycles. The summed E-state index contributed by atoms with van der Waals surface area (Å²) in [6.45, 7) is 4.00. The van der Waals surface area contributed by atoms with Crippen LogP contribution in [0.2, 0.25) is 0 Å². The number of rotatable bonds is 3. The van der Waals surface area contributed by atoms with Gasteiger partial charge in [-0.25, -0.2) is 9.59 Å². The van der Waals surface area contributed by atoms with Crippen molar-refractivity contribution in [3.05, 3.63) is 59.2 Å². The molecule has 2 aliphatic rings. The maximum absolute atomic E-state index is 13.0. The number of carbonyl (C=O) groups is 2. The molecule has 2 atom stereocenters. The topological polar surface area (TPSA) is 67.9 Å². The molecule has 6 heteroatoms. The van der Waals surface area contributed by atoms with E-state index in [2.05, 4.69) is 12.2 Å². The fraction of sp³-hybridized carbons (Fsp3) is 0.333. The summed E-state index contributed by atoms with van der Waals surface area (Å²) in [5.41, 5.74) is 2.37. The van der Waals surface area contributed by atoms with Crippen LogP contribution in [0.5, 0.6) is 5.75 Å². The first-order valence-electron chi connectivity index (χ1n) is 9.06. The standard InChI is InChI=1S/C21H22N2O4/c1-4-13-7-5-6-8-17(13)23-20(25)22-16-12-21(23,2)27-18-10-9-14(11-15(16)18)19(24)26-3/h5-11,16H,4,12H2,1-3H3,(H,22,25)/t16-,21-/m0/s1. The second kappa shape index (κ2) is 6.30. The Kier molecular flexibility index (Phi) is 4.06. The largest absolute Gasteiger partial charge is 0.467 e. The molecule has 4 rings (SSSR count). The van der Waals surface area contributed by atoms with E-state index in [4.69, 9.17) is 9.47 Å². The number of para-hydroxylation sites is 1. The van der Waals surface area contributed by atoms with E-state index in [1.165, 1.54) is 7.11 Å². The summed E-state index contributed by atoms with van der Waals surface area (Å²) in [5, 5.41) is 3.07. The second-order valence-corrected chi connectivity index (χ2v) is 7.05. The van der Waals surface area contributed by atoms with Gasteiger partial charge >= 0.3 is 12.0 Å². The van der Waals surface area contributed by atoms with Crippen LogP contribution in [0.25, 0.3) is 0 Å². The average molecular weight is 366 g/mol. The number of aryl methyl sites for hydroxylation is 1. The van der Waals surface area contributed by atoms with E-state index in [0.717, 1.165) is 23.2 Å². The number of nitrogens with zero attached hydrogens (tertiary/aromatic N) is 1. The lowest BCUT2D eigenvalue weighted by Crippen LogP contribution is -2.65. The number of amides is 2. The van der Waals surface area contributed by atoms with Gasteiger partial charge in [0.25, 0.3) is 0 Å². The van der Waals surface area contributed by atoms with Crippen molar-refractivity contribution in [2.75, 3.05) is 12.0 Å². The van der Waals surface area contributed by atoms with Crippen LogP contribution >= 0.6 is 0 Å².